The first-order valence-electron chi connectivity index (χ1n) is 3.27. The van der Waals surface area contributed by atoms with Crippen LogP contribution in [-0.4, -0.2) is 23.5 Å². The van der Waals surface area contributed by atoms with Crippen LogP contribution >= 0.6 is 0 Å². The van der Waals surface area contributed by atoms with Gasteiger partial charge in [0.2, 0.25) is 0 Å². The van der Waals surface area contributed by atoms with Crippen molar-refractivity contribution in [1.82, 2.24) is 0 Å². The average Bonchev–Trinajstić information content (AvgIpc) is 1.59. The Morgan fingerprint density at radius 3 is 2.67 bits per heavy atom. The highest BCUT2D eigenvalue weighted by Crippen LogP contribution is 2.15. The minimum atomic E-state index is -0.635. The zero-order valence-corrected chi connectivity index (χ0v) is 5.58. The molecular weight excluding hydrogens is 118 g/mol. The highest BCUT2D eigenvalue weighted by Gasteiger charge is 2.22. The van der Waals surface area contributed by atoms with Crippen LogP contribution in [-0.2, 0) is 4.74 Å². The molecule has 54 valence electrons. The van der Waals surface area contributed by atoms with E-state index in [0.717, 1.165) is 6.42 Å². The summed E-state index contributed by atoms with van der Waals surface area (Å²) in [7, 11) is 0. The first-order chi connectivity index (χ1) is 4.18. The fraction of sp³-hybridized carbons (Fsp3) is 1.00. The Morgan fingerprint density at radius 1 is 1.56 bits per heavy atom. The molecule has 0 spiro atoms. The lowest BCUT2D eigenvalue weighted by molar-refractivity contribution is -0.161. The maximum Gasteiger partial charge on any atom is 0.156 e. The Hall–Kier alpha value is -0.120. The second-order valence-electron chi connectivity index (χ2n) is 2.63. The standard InChI is InChI=1S/C6H13NO2/c1-4-2-5(7)3-6(8)9-4/h4-6,8H,2-3,7H2,1H3. The van der Waals surface area contributed by atoms with Crippen molar-refractivity contribution in [1.29, 1.82) is 0 Å². The van der Waals surface area contributed by atoms with Gasteiger partial charge in [0, 0.05) is 12.5 Å². The topological polar surface area (TPSA) is 55.5 Å². The summed E-state index contributed by atoms with van der Waals surface area (Å²) in [5, 5.41) is 8.95. The zero-order chi connectivity index (χ0) is 6.85. The second kappa shape index (κ2) is 2.64. The third-order valence-corrected chi connectivity index (χ3v) is 1.53. The molecule has 0 bridgehead atoms. The van der Waals surface area contributed by atoms with Crippen molar-refractivity contribution in [3.05, 3.63) is 0 Å². The summed E-state index contributed by atoms with van der Waals surface area (Å²) in [5.74, 6) is 0. The van der Waals surface area contributed by atoms with E-state index in [1.807, 2.05) is 6.92 Å². The number of hydrogen-bond donors (Lipinski definition) is 2. The minimum absolute atomic E-state index is 0.115. The number of ether oxygens (including phenoxy) is 1. The molecule has 9 heavy (non-hydrogen) atoms. The third-order valence-electron chi connectivity index (χ3n) is 1.53. The van der Waals surface area contributed by atoms with Gasteiger partial charge >= 0.3 is 0 Å². The summed E-state index contributed by atoms with van der Waals surface area (Å²) < 4.78 is 5.03. The van der Waals surface area contributed by atoms with Crippen molar-refractivity contribution >= 4 is 0 Å². The molecule has 3 heteroatoms. The van der Waals surface area contributed by atoms with Crippen molar-refractivity contribution in [2.24, 2.45) is 5.73 Å². The van der Waals surface area contributed by atoms with E-state index in [4.69, 9.17) is 15.6 Å². The van der Waals surface area contributed by atoms with E-state index >= 15 is 0 Å². The smallest absolute Gasteiger partial charge is 0.156 e. The maximum atomic E-state index is 8.95. The third kappa shape index (κ3) is 1.93. The maximum absolute atomic E-state index is 8.95. The normalized spacial score (nSPS) is 45.0. The van der Waals surface area contributed by atoms with E-state index in [1.165, 1.54) is 0 Å². The van der Waals surface area contributed by atoms with Gasteiger partial charge in [0.15, 0.2) is 6.29 Å². The zero-order valence-electron chi connectivity index (χ0n) is 5.58. The number of hydrogen-bond acceptors (Lipinski definition) is 3. The predicted octanol–water partition coefficient (Wildman–Crippen LogP) is -0.169. The highest BCUT2D eigenvalue weighted by atomic mass is 16.6. The van der Waals surface area contributed by atoms with Gasteiger partial charge in [-0.25, -0.2) is 0 Å². The molecule has 3 nitrogen and oxygen atoms in total. The molecular formula is C6H13NO2. The summed E-state index contributed by atoms with van der Waals surface area (Å²) in [6, 6.07) is 0.115. The largest absolute Gasteiger partial charge is 0.368 e. The van der Waals surface area contributed by atoms with Crippen LogP contribution in [0, 0.1) is 0 Å². The van der Waals surface area contributed by atoms with Gasteiger partial charge in [-0.15, -0.1) is 0 Å². The van der Waals surface area contributed by atoms with Crippen LogP contribution in [0.1, 0.15) is 19.8 Å². The molecule has 1 fully saturated rings. The van der Waals surface area contributed by atoms with Gasteiger partial charge in [-0.3, -0.25) is 0 Å². The summed E-state index contributed by atoms with van der Waals surface area (Å²) in [4.78, 5) is 0. The lowest BCUT2D eigenvalue weighted by Gasteiger charge is -2.28. The lowest BCUT2D eigenvalue weighted by Crippen LogP contribution is -2.38. The van der Waals surface area contributed by atoms with Gasteiger partial charge in [-0.05, 0) is 13.3 Å². The molecule has 1 saturated heterocycles. The molecule has 0 radical (unpaired) electrons. The molecule has 0 amide bonds. The van der Waals surface area contributed by atoms with Crippen molar-refractivity contribution in [2.75, 3.05) is 0 Å². The van der Waals surface area contributed by atoms with E-state index in [1.54, 1.807) is 0 Å². The second-order valence-corrected chi connectivity index (χ2v) is 2.63. The molecule has 0 saturated carbocycles. The van der Waals surface area contributed by atoms with E-state index < -0.39 is 6.29 Å². The van der Waals surface area contributed by atoms with Gasteiger partial charge in [-0.2, -0.15) is 0 Å². The molecule has 0 aromatic carbocycles. The van der Waals surface area contributed by atoms with Crippen LogP contribution in [0.15, 0.2) is 0 Å². The van der Waals surface area contributed by atoms with Gasteiger partial charge in [-0.1, -0.05) is 0 Å². The molecule has 1 aliphatic heterocycles. The summed E-state index contributed by atoms with van der Waals surface area (Å²) >= 11 is 0. The van der Waals surface area contributed by atoms with Crippen molar-refractivity contribution < 1.29 is 9.84 Å². The predicted molar refractivity (Wildman–Crippen MR) is 33.8 cm³/mol. The van der Waals surface area contributed by atoms with Gasteiger partial charge in [0.25, 0.3) is 0 Å². The lowest BCUT2D eigenvalue weighted by atomic mass is 10.0. The first-order valence-corrected chi connectivity index (χ1v) is 3.27. The first kappa shape index (κ1) is 6.99. The monoisotopic (exact) mass is 131 g/mol. The molecule has 3 N–H and O–H groups in total. The Morgan fingerprint density at radius 2 is 2.22 bits per heavy atom. The molecule has 1 rings (SSSR count). The van der Waals surface area contributed by atoms with Crippen LogP contribution in [0.4, 0.5) is 0 Å². The quantitative estimate of drug-likeness (QED) is 0.480. The Bertz CT molecular complexity index is 72.0. The van der Waals surface area contributed by atoms with E-state index in [2.05, 4.69) is 0 Å². The SMILES string of the molecule is CC1CC(N)CC(O)O1. The van der Waals surface area contributed by atoms with Crippen LogP contribution in [0.5, 0.6) is 0 Å². The fourth-order valence-corrected chi connectivity index (χ4v) is 1.16. The van der Waals surface area contributed by atoms with Gasteiger partial charge in [0.05, 0.1) is 6.10 Å². The van der Waals surface area contributed by atoms with E-state index in [0.29, 0.717) is 6.42 Å². The van der Waals surface area contributed by atoms with Crippen molar-refractivity contribution in [3.8, 4) is 0 Å². The number of nitrogens with two attached hydrogens (primary N) is 1. The molecule has 3 atom stereocenters. The Labute approximate surface area is 54.8 Å². The summed E-state index contributed by atoms with van der Waals surface area (Å²) in [5.41, 5.74) is 5.58. The van der Waals surface area contributed by atoms with E-state index in [9.17, 15) is 0 Å². The van der Waals surface area contributed by atoms with Crippen molar-refractivity contribution in [3.63, 3.8) is 0 Å². The van der Waals surface area contributed by atoms with Crippen LogP contribution in [0.2, 0.25) is 0 Å². The van der Waals surface area contributed by atoms with Crippen LogP contribution in [0.3, 0.4) is 0 Å². The number of aliphatic hydroxyl groups is 1. The molecule has 0 aromatic rings. The van der Waals surface area contributed by atoms with Crippen molar-refractivity contribution in [2.45, 2.75) is 38.2 Å². The fourth-order valence-electron chi connectivity index (χ4n) is 1.16. The summed E-state index contributed by atoms with van der Waals surface area (Å²) in [6.07, 6.45) is 0.911. The number of rotatable bonds is 0. The Kier molecular flexibility index (Phi) is 2.05. The highest BCUT2D eigenvalue weighted by molar-refractivity contribution is 4.72. The van der Waals surface area contributed by atoms with Crippen LogP contribution in [0.25, 0.3) is 0 Å². The molecule has 3 unspecified atom stereocenters. The molecule has 1 heterocycles. The van der Waals surface area contributed by atoms with Gasteiger partial charge < -0.3 is 15.6 Å². The number of aliphatic hydroxyl groups excluding tert-OH is 1. The Balaban J connectivity index is 2.34. The average molecular weight is 131 g/mol. The molecule has 1 aliphatic rings. The van der Waals surface area contributed by atoms with E-state index in [-0.39, 0.29) is 12.1 Å². The molecule has 0 aliphatic carbocycles. The van der Waals surface area contributed by atoms with Crippen LogP contribution < -0.4 is 5.73 Å². The minimum Gasteiger partial charge on any atom is -0.368 e. The molecule has 0 aromatic heterocycles. The van der Waals surface area contributed by atoms with Gasteiger partial charge in [0.1, 0.15) is 0 Å². The summed E-state index contributed by atoms with van der Waals surface area (Å²) in [6.45, 7) is 1.92.